The van der Waals surface area contributed by atoms with Gasteiger partial charge in [0.2, 0.25) is 0 Å². The Labute approximate surface area is 104 Å². The monoisotopic (exact) mass is 342 g/mol. The summed E-state index contributed by atoms with van der Waals surface area (Å²) in [6.07, 6.45) is 0. The molecule has 0 bridgehead atoms. The highest BCUT2D eigenvalue weighted by molar-refractivity contribution is 14.1. The van der Waals surface area contributed by atoms with E-state index in [-0.39, 0.29) is 0 Å². The summed E-state index contributed by atoms with van der Waals surface area (Å²) in [5.74, 6) is 0.516. The summed E-state index contributed by atoms with van der Waals surface area (Å²) in [5.41, 5.74) is 1.08. The van der Waals surface area contributed by atoms with Crippen LogP contribution >= 0.6 is 57.1 Å². The van der Waals surface area contributed by atoms with Crippen LogP contribution in [0.4, 0.5) is 0 Å². The highest BCUT2D eigenvalue weighted by Gasteiger charge is 2.05. The summed E-state index contributed by atoms with van der Waals surface area (Å²) in [4.78, 5) is 0. The molecule has 0 atom stereocenters. The van der Waals surface area contributed by atoms with Gasteiger partial charge < -0.3 is 0 Å². The maximum atomic E-state index is 6.10. The standard InChI is InChI=1S/C9H5Cl2IS/c10-4-5-1-6-3-8(12)13-9(6)7(11)2-5/h1-3H,4H2. The van der Waals surface area contributed by atoms with Crippen LogP contribution < -0.4 is 0 Å². The summed E-state index contributed by atoms with van der Waals surface area (Å²) in [6.45, 7) is 0. The Kier molecular flexibility index (Phi) is 3.03. The van der Waals surface area contributed by atoms with Gasteiger partial charge in [-0.15, -0.1) is 22.9 Å². The van der Waals surface area contributed by atoms with Crippen LogP contribution in [0, 0.1) is 2.88 Å². The Balaban J connectivity index is 2.75. The molecule has 68 valence electrons. The molecule has 1 aromatic heterocycles. The van der Waals surface area contributed by atoms with Gasteiger partial charge in [0, 0.05) is 5.88 Å². The number of alkyl halides is 1. The van der Waals surface area contributed by atoms with Crippen LogP contribution in [-0.2, 0) is 5.88 Å². The minimum atomic E-state index is 0.516. The third kappa shape index (κ3) is 1.96. The molecule has 0 aliphatic heterocycles. The lowest BCUT2D eigenvalue weighted by Crippen LogP contribution is -1.76. The van der Waals surface area contributed by atoms with E-state index < -0.39 is 0 Å². The molecule has 0 aliphatic carbocycles. The number of thiophene rings is 1. The Morgan fingerprint density at radius 2 is 2.08 bits per heavy atom. The van der Waals surface area contributed by atoms with E-state index in [1.807, 2.05) is 6.07 Å². The lowest BCUT2D eigenvalue weighted by Gasteiger charge is -1.97. The molecule has 0 aliphatic rings. The zero-order valence-electron chi connectivity index (χ0n) is 6.48. The normalized spacial score (nSPS) is 11.0. The van der Waals surface area contributed by atoms with Gasteiger partial charge in [0.1, 0.15) is 0 Å². The second kappa shape index (κ2) is 3.93. The maximum absolute atomic E-state index is 6.10. The molecule has 1 heterocycles. The molecular formula is C9H5Cl2IS. The quantitative estimate of drug-likeness (QED) is 0.511. The molecule has 1 aromatic carbocycles. The van der Waals surface area contributed by atoms with Crippen molar-refractivity contribution in [3.63, 3.8) is 0 Å². The average molecular weight is 343 g/mol. The second-order valence-electron chi connectivity index (χ2n) is 2.68. The van der Waals surface area contributed by atoms with Crippen molar-refractivity contribution in [2.45, 2.75) is 5.88 Å². The van der Waals surface area contributed by atoms with Crippen molar-refractivity contribution in [1.29, 1.82) is 0 Å². The predicted molar refractivity (Wildman–Crippen MR) is 69.1 cm³/mol. The van der Waals surface area contributed by atoms with Gasteiger partial charge in [-0.2, -0.15) is 0 Å². The number of hydrogen-bond donors (Lipinski definition) is 0. The van der Waals surface area contributed by atoms with Crippen LogP contribution in [-0.4, -0.2) is 0 Å². The van der Waals surface area contributed by atoms with E-state index in [1.54, 1.807) is 11.3 Å². The lowest BCUT2D eigenvalue weighted by atomic mass is 10.2. The van der Waals surface area contributed by atoms with Gasteiger partial charge >= 0.3 is 0 Å². The largest absolute Gasteiger partial charge is 0.128 e. The molecule has 0 nitrogen and oxygen atoms in total. The van der Waals surface area contributed by atoms with E-state index >= 15 is 0 Å². The van der Waals surface area contributed by atoms with Gasteiger partial charge in [0.15, 0.2) is 0 Å². The van der Waals surface area contributed by atoms with E-state index in [2.05, 4.69) is 34.7 Å². The van der Waals surface area contributed by atoms with E-state index in [0.29, 0.717) is 5.88 Å². The molecule has 4 heteroatoms. The minimum Gasteiger partial charge on any atom is -0.128 e. The van der Waals surface area contributed by atoms with Gasteiger partial charge in [-0.05, 0) is 51.7 Å². The molecule has 0 radical (unpaired) electrons. The van der Waals surface area contributed by atoms with Crippen molar-refractivity contribution in [3.8, 4) is 0 Å². The molecule has 13 heavy (non-hydrogen) atoms. The first kappa shape index (κ1) is 10.0. The fraction of sp³-hybridized carbons (Fsp3) is 0.111. The van der Waals surface area contributed by atoms with Gasteiger partial charge in [0.05, 0.1) is 12.6 Å². The van der Waals surface area contributed by atoms with Crippen molar-refractivity contribution in [3.05, 3.63) is 31.7 Å². The molecule has 0 unspecified atom stereocenters. The fourth-order valence-electron chi connectivity index (χ4n) is 1.21. The van der Waals surface area contributed by atoms with E-state index in [0.717, 1.165) is 15.3 Å². The van der Waals surface area contributed by atoms with Gasteiger partial charge in [-0.3, -0.25) is 0 Å². The van der Waals surface area contributed by atoms with Crippen molar-refractivity contribution < 1.29 is 0 Å². The molecule has 0 fully saturated rings. The predicted octanol–water partition coefficient (Wildman–Crippen LogP) is 4.90. The van der Waals surface area contributed by atoms with E-state index in [1.165, 1.54) is 8.27 Å². The van der Waals surface area contributed by atoms with Crippen LogP contribution in [0.1, 0.15) is 5.56 Å². The van der Waals surface area contributed by atoms with E-state index in [4.69, 9.17) is 23.2 Å². The van der Waals surface area contributed by atoms with Gasteiger partial charge in [0.25, 0.3) is 0 Å². The zero-order chi connectivity index (χ0) is 9.42. The fourth-order valence-corrected chi connectivity index (χ4v) is 3.50. The number of fused-ring (bicyclic) bond motifs is 1. The average Bonchev–Trinajstić information content (AvgIpc) is 2.46. The molecule has 0 amide bonds. The molecule has 2 rings (SSSR count). The van der Waals surface area contributed by atoms with Crippen molar-refractivity contribution in [2.75, 3.05) is 0 Å². The smallest absolute Gasteiger partial charge is 0.0666 e. The van der Waals surface area contributed by atoms with E-state index in [9.17, 15) is 0 Å². The summed E-state index contributed by atoms with van der Waals surface area (Å²) in [7, 11) is 0. The Morgan fingerprint density at radius 3 is 2.77 bits per heavy atom. The van der Waals surface area contributed by atoms with Crippen LogP contribution in [0.2, 0.25) is 5.02 Å². The topological polar surface area (TPSA) is 0 Å². The molecular weight excluding hydrogens is 338 g/mol. The van der Waals surface area contributed by atoms with Crippen molar-refractivity contribution >= 4 is 67.2 Å². The third-order valence-electron chi connectivity index (χ3n) is 1.75. The molecule has 2 aromatic rings. The van der Waals surface area contributed by atoms with Crippen molar-refractivity contribution in [2.24, 2.45) is 0 Å². The Morgan fingerprint density at radius 1 is 1.31 bits per heavy atom. The number of rotatable bonds is 1. The summed E-state index contributed by atoms with van der Waals surface area (Å²) in [5, 5.41) is 2.00. The van der Waals surface area contributed by atoms with Gasteiger partial charge in [-0.1, -0.05) is 11.6 Å². The Bertz CT molecular complexity index is 450. The lowest BCUT2D eigenvalue weighted by molar-refractivity contribution is 1.43. The number of hydrogen-bond acceptors (Lipinski definition) is 1. The molecule has 0 saturated carbocycles. The van der Waals surface area contributed by atoms with Gasteiger partial charge in [-0.25, -0.2) is 0 Å². The highest BCUT2D eigenvalue weighted by atomic mass is 127. The first-order chi connectivity index (χ1) is 6.20. The minimum absolute atomic E-state index is 0.516. The summed E-state index contributed by atoms with van der Waals surface area (Å²) < 4.78 is 2.40. The van der Waals surface area contributed by atoms with Crippen LogP contribution in [0.25, 0.3) is 10.1 Å². The molecule has 0 N–H and O–H groups in total. The van der Waals surface area contributed by atoms with Crippen LogP contribution in [0.5, 0.6) is 0 Å². The second-order valence-corrected chi connectivity index (χ2v) is 6.30. The zero-order valence-corrected chi connectivity index (χ0v) is 11.0. The number of benzene rings is 1. The Hall–Kier alpha value is 0.490. The first-order valence-electron chi connectivity index (χ1n) is 3.64. The van der Waals surface area contributed by atoms with Crippen molar-refractivity contribution in [1.82, 2.24) is 0 Å². The molecule has 0 spiro atoms. The summed E-state index contributed by atoms with van der Waals surface area (Å²) >= 11 is 15.9. The van der Waals surface area contributed by atoms with Crippen LogP contribution in [0.3, 0.4) is 0 Å². The highest BCUT2D eigenvalue weighted by Crippen LogP contribution is 2.33. The van der Waals surface area contributed by atoms with Crippen LogP contribution in [0.15, 0.2) is 18.2 Å². The molecule has 0 saturated heterocycles. The third-order valence-corrected chi connectivity index (χ3v) is 4.42. The number of halogens is 3. The summed E-state index contributed by atoms with van der Waals surface area (Å²) in [6, 6.07) is 6.15. The SMILES string of the molecule is ClCc1cc(Cl)c2sc(I)cc2c1. The maximum Gasteiger partial charge on any atom is 0.0666 e. The first-order valence-corrected chi connectivity index (χ1v) is 6.45.